The van der Waals surface area contributed by atoms with Gasteiger partial charge in [0.25, 0.3) is 5.91 Å². The van der Waals surface area contributed by atoms with Crippen LogP contribution >= 0.6 is 11.3 Å². The molecule has 0 saturated heterocycles. The van der Waals surface area contributed by atoms with Crippen LogP contribution in [0.25, 0.3) is 0 Å². The number of hydrogen-bond acceptors (Lipinski definition) is 5. The number of nitrogens with one attached hydrogen (secondary N) is 2. The Hall–Kier alpha value is -2.86. The standard InChI is InChI=1S/C18H18N4OS/c1-22(2)15-8-5-13(6-9-15)20-17-10-7-14(12-19-17)21-18(23)16-4-3-11-24-16/h3-12H,1-2H3,(H,19,20)(H,21,23). The van der Waals surface area contributed by atoms with E-state index in [1.54, 1.807) is 12.3 Å². The van der Waals surface area contributed by atoms with Gasteiger partial charge in [-0.15, -0.1) is 11.3 Å². The fourth-order valence-corrected chi connectivity index (χ4v) is 2.75. The number of amides is 1. The van der Waals surface area contributed by atoms with Crippen LogP contribution in [0.5, 0.6) is 0 Å². The topological polar surface area (TPSA) is 57.3 Å². The molecule has 6 heteroatoms. The van der Waals surface area contributed by atoms with E-state index < -0.39 is 0 Å². The van der Waals surface area contributed by atoms with E-state index in [0.29, 0.717) is 10.6 Å². The van der Waals surface area contributed by atoms with E-state index in [9.17, 15) is 4.79 Å². The number of carbonyl (C=O) groups is 1. The molecule has 0 spiro atoms. The lowest BCUT2D eigenvalue weighted by molar-refractivity contribution is 0.103. The van der Waals surface area contributed by atoms with Crippen molar-refractivity contribution in [1.29, 1.82) is 0 Å². The molecule has 0 fully saturated rings. The van der Waals surface area contributed by atoms with Crippen LogP contribution in [0, 0.1) is 0 Å². The van der Waals surface area contributed by atoms with Gasteiger partial charge in [-0.25, -0.2) is 4.98 Å². The third-order valence-corrected chi connectivity index (χ3v) is 4.29. The molecule has 24 heavy (non-hydrogen) atoms. The first-order valence-electron chi connectivity index (χ1n) is 7.47. The lowest BCUT2D eigenvalue weighted by Crippen LogP contribution is -2.10. The molecule has 0 bridgehead atoms. The second kappa shape index (κ2) is 7.14. The van der Waals surface area contributed by atoms with Crippen molar-refractivity contribution in [2.75, 3.05) is 29.6 Å². The molecule has 2 heterocycles. The summed E-state index contributed by atoms with van der Waals surface area (Å²) in [7, 11) is 4.01. The van der Waals surface area contributed by atoms with E-state index >= 15 is 0 Å². The Morgan fingerprint density at radius 1 is 1.04 bits per heavy atom. The highest BCUT2D eigenvalue weighted by Gasteiger charge is 2.07. The van der Waals surface area contributed by atoms with Crippen molar-refractivity contribution in [3.8, 4) is 0 Å². The van der Waals surface area contributed by atoms with Crippen molar-refractivity contribution >= 4 is 40.1 Å². The van der Waals surface area contributed by atoms with Crippen LogP contribution in [0.3, 0.4) is 0 Å². The van der Waals surface area contributed by atoms with Crippen LogP contribution in [0.2, 0.25) is 0 Å². The van der Waals surface area contributed by atoms with Crippen molar-refractivity contribution in [2.45, 2.75) is 0 Å². The minimum atomic E-state index is -0.119. The highest BCUT2D eigenvalue weighted by Crippen LogP contribution is 2.20. The Labute approximate surface area is 145 Å². The summed E-state index contributed by atoms with van der Waals surface area (Å²) in [4.78, 5) is 19.1. The Morgan fingerprint density at radius 2 is 1.79 bits per heavy atom. The average molecular weight is 338 g/mol. The van der Waals surface area contributed by atoms with Gasteiger partial charge >= 0.3 is 0 Å². The molecule has 0 aliphatic heterocycles. The van der Waals surface area contributed by atoms with Crippen LogP contribution in [0.15, 0.2) is 60.1 Å². The van der Waals surface area contributed by atoms with Gasteiger partial charge in [0.05, 0.1) is 16.8 Å². The van der Waals surface area contributed by atoms with Gasteiger partial charge in [-0.2, -0.15) is 0 Å². The normalized spacial score (nSPS) is 10.2. The summed E-state index contributed by atoms with van der Waals surface area (Å²) >= 11 is 1.41. The average Bonchev–Trinajstić information content (AvgIpc) is 3.12. The molecule has 2 N–H and O–H groups in total. The number of rotatable bonds is 5. The maximum absolute atomic E-state index is 12.0. The quantitative estimate of drug-likeness (QED) is 0.732. The van der Waals surface area contributed by atoms with Gasteiger partial charge < -0.3 is 15.5 Å². The number of carbonyl (C=O) groups excluding carboxylic acids is 1. The SMILES string of the molecule is CN(C)c1ccc(Nc2ccc(NC(=O)c3cccs3)cn2)cc1. The lowest BCUT2D eigenvalue weighted by Gasteiger charge is -2.13. The summed E-state index contributed by atoms with van der Waals surface area (Å²) in [6.45, 7) is 0. The van der Waals surface area contributed by atoms with Crippen molar-refractivity contribution in [3.05, 3.63) is 65.0 Å². The maximum atomic E-state index is 12.0. The number of hydrogen-bond donors (Lipinski definition) is 2. The predicted molar refractivity (Wildman–Crippen MR) is 101 cm³/mol. The van der Waals surface area contributed by atoms with E-state index in [4.69, 9.17) is 0 Å². The molecule has 3 aromatic rings. The van der Waals surface area contributed by atoms with E-state index in [0.717, 1.165) is 17.2 Å². The molecular weight excluding hydrogens is 320 g/mol. The van der Waals surface area contributed by atoms with Crippen LogP contribution < -0.4 is 15.5 Å². The zero-order valence-electron chi connectivity index (χ0n) is 13.5. The molecule has 0 atom stereocenters. The highest BCUT2D eigenvalue weighted by molar-refractivity contribution is 7.12. The second-order valence-electron chi connectivity index (χ2n) is 5.43. The minimum Gasteiger partial charge on any atom is -0.378 e. The van der Waals surface area contributed by atoms with Gasteiger partial charge in [0.2, 0.25) is 0 Å². The lowest BCUT2D eigenvalue weighted by atomic mass is 10.2. The van der Waals surface area contributed by atoms with Crippen LogP contribution in [0.4, 0.5) is 22.9 Å². The van der Waals surface area contributed by atoms with E-state index in [2.05, 4.69) is 15.6 Å². The Morgan fingerprint density at radius 3 is 2.38 bits per heavy atom. The number of benzene rings is 1. The van der Waals surface area contributed by atoms with Gasteiger partial charge in [0.15, 0.2) is 0 Å². The van der Waals surface area contributed by atoms with Crippen molar-refractivity contribution in [1.82, 2.24) is 4.98 Å². The Kier molecular flexibility index (Phi) is 4.77. The number of thiophene rings is 1. The molecule has 0 saturated carbocycles. The number of pyridine rings is 1. The summed E-state index contributed by atoms with van der Waals surface area (Å²) in [6.07, 6.45) is 1.64. The first-order chi connectivity index (χ1) is 11.6. The van der Waals surface area contributed by atoms with Gasteiger partial charge in [-0.1, -0.05) is 6.07 Å². The van der Waals surface area contributed by atoms with Crippen LogP contribution in [-0.4, -0.2) is 25.0 Å². The molecule has 2 aromatic heterocycles. The molecule has 122 valence electrons. The number of aromatic nitrogens is 1. The van der Waals surface area contributed by atoms with Gasteiger partial charge in [-0.05, 0) is 47.8 Å². The molecule has 3 rings (SSSR count). The zero-order chi connectivity index (χ0) is 16.9. The summed E-state index contributed by atoms with van der Waals surface area (Å²) in [5.74, 6) is 0.605. The first kappa shape index (κ1) is 16.0. The summed E-state index contributed by atoms with van der Waals surface area (Å²) < 4.78 is 0. The molecule has 5 nitrogen and oxygen atoms in total. The van der Waals surface area contributed by atoms with E-state index in [1.807, 2.05) is 66.8 Å². The first-order valence-corrected chi connectivity index (χ1v) is 8.35. The van der Waals surface area contributed by atoms with Gasteiger partial charge in [-0.3, -0.25) is 4.79 Å². The molecule has 0 radical (unpaired) electrons. The van der Waals surface area contributed by atoms with Crippen molar-refractivity contribution in [3.63, 3.8) is 0 Å². The molecule has 0 aliphatic carbocycles. The largest absolute Gasteiger partial charge is 0.378 e. The maximum Gasteiger partial charge on any atom is 0.265 e. The zero-order valence-corrected chi connectivity index (χ0v) is 14.3. The third-order valence-electron chi connectivity index (χ3n) is 3.42. The van der Waals surface area contributed by atoms with Crippen LogP contribution in [-0.2, 0) is 0 Å². The molecular formula is C18H18N4OS. The third kappa shape index (κ3) is 3.91. The smallest absolute Gasteiger partial charge is 0.265 e. The molecule has 0 unspecified atom stereocenters. The molecule has 1 amide bonds. The molecule has 0 aliphatic rings. The van der Waals surface area contributed by atoms with Gasteiger partial charge in [0, 0.05) is 25.5 Å². The van der Waals surface area contributed by atoms with E-state index in [-0.39, 0.29) is 5.91 Å². The van der Waals surface area contributed by atoms with Gasteiger partial charge in [0.1, 0.15) is 5.82 Å². The fraction of sp³-hybridized carbons (Fsp3) is 0.111. The van der Waals surface area contributed by atoms with E-state index in [1.165, 1.54) is 11.3 Å². The summed E-state index contributed by atoms with van der Waals surface area (Å²) in [6, 6.07) is 15.4. The Bertz CT molecular complexity index is 796. The monoisotopic (exact) mass is 338 g/mol. The van der Waals surface area contributed by atoms with Crippen LogP contribution in [0.1, 0.15) is 9.67 Å². The predicted octanol–water partition coefficient (Wildman–Crippen LogP) is 4.21. The Balaban J connectivity index is 1.63. The highest BCUT2D eigenvalue weighted by atomic mass is 32.1. The van der Waals surface area contributed by atoms with Crippen molar-refractivity contribution in [2.24, 2.45) is 0 Å². The minimum absolute atomic E-state index is 0.119. The van der Waals surface area contributed by atoms with Crippen molar-refractivity contribution < 1.29 is 4.79 Å². The second-order valence-corrected chi connectivity index (χ2v) is 6.38. The molecule has 1 aromatic carbocycles. The summed E-state index contributed by atoms with van der Waals surface area (Å²) in [5, 5.41) is 7.95. The number of nitrogens with zero attached hydrogens (tertiary/aromatic N) is 2. The fourth-order valence-electron chi connectivity index (χ4n) is 2.13. The number of anilines is 4. The summed E-state index contributed by atoms with van der Waals surface area (Å²) in [5.41, 5.74) is 2.77.